The number of alkyl halides is 1. The van der Waals surface area contributed by atoms with Crippen LogP contribution in [0.4, 0.5) is 5.95 Å². The predicted molar refractivity (Wildman–Crippen MR) is 70.5 cm³/mol. The first-order valence-corrected chi connectivity index (χ1v) is 6.33. The van der Waals surface area contributed by atoms with Crippen molar-refractivity contribution in [3.05, 3.63) is 47.8 Å². The number of aromatic nitrogens is 2. The molecule has 2 N–H and O–H groups in total. The van der Waals surface area contributed by atoms with Crippen LogP contribution in [-0.4, -0.2) is 21.1 Å². The smallest absolute Gasteiger partial charge is 0.200 e. The molecule has 17 heavy (non-hydrogen) atoms. The van der Waals surface area contributed by atoms with Gasteiger partial charge in [-0.15, -0.1) is 0 Å². The number of imidazole rings is 1. The first kappa shape index (κ1) is 11.9. The fourth-order valence-electron chi connectivity index (χ4n) is 1.41. The van der Waals surface area contributed by atoms with Crippen molar-refractivity contribution in [2.75, 3.05) is 10.6 Å². The van der Waals surface area contributed by atoms with Crippen LogP contribution in [0.3, 0.4) is 0 Å². The van der Waals surface area contributed by atoms with E-state index in [-0.39, 0.29) is 5.78 Å². The number of ketones is 1. The van der Waals surface area contributed by atoms with Gasteiger partial charge < -0.3 is 10.3 Å². The summed E-state index contributed by atoms with van der Waals surface area (Å²) in [6.45, 7) is 0.677. The number of aromatic amines is 1. The predicted octanol–water partition coefficient (Wildman–Crippen LogP) is 2.60. The van der Waals surface area contributed by atoms with Crippen LogP contribution >= 0.6 is 15.9 Å². The third kappa shape index (κ3) is 3.17. The van der Waals surface area contributed by atoms with Gasteiger partial charge in [-0.2, -0.15) is 0 Å². The second-order valence-corrected chi connectivity index (χ2v) is 4.10. The summed E-state index contributed by atoms with van der Waals surface area (Å²) in [6.07, 6.45) is 1.54. The number of hydrogen-bond acceptors (Lipinski definition) is 3. The number of Topliss-reactive ketones (excluding diaryl/α,β-unsaturated/α-hetero) is 1. The molecule has 0 aliphatic rings. The van der Waals surface area contributed by atoms with Gasteiger partial charge >= 0.3 is 0 Å². The Kier molecular flexibility index (Phi) is 3.93. The fourth-order valence-corrected chi connectivity index (χ4v) is 1.71. The van der Waals surface area contributed by atoms with Gasteiger partial charge in [0.05, 0.1) is 11.5 Å². The number of carbonyl (C=O) groups is 1. The van der Waals surface area contributed by atoms with E-state index in [4.69, 9.17) is 0 Å². The number of anilines is 1. The standard InChI is InChI=1S/C12H12BrN3O/c13-6-11(17)10-8-15-12(16-10)14-7-9-4-2-1-3-5-9/h1-5,8H,6-7H2,(H2,14,15,16). The molecule has 0 aliphatic heterocycles. The minimum Gasteiger partial charge on any atom is -0.352 e. The summed E-state index contributed by atoms with van der Waals surface area (Å²) >= 11 is 3.12. The molecule has 4 nitrogen and oxygen atoms in total. The van der Waals surface area contributed by atoms with Crippen molar-refractivity contribution in [1.82, 2.24) is 9.97 Å². The molecule has 2 aromatic rings. The molecule has 0 radical (unpaired) electrons. The van der Waals surface area contributed by atoms with Crippen LogP contribution in [0.1, 0.15) is 16.1 Å². The van der Waals surface area contributed by atoms with Crippen molar-refractivity contribution < 1.29 is 4.79 Å². The molecule has 1 aromatic carbocycles. The van der Waals surface area contributed by atoms with Gasteiger partial charge in [-0.05, 0) is 5.56 Å². The molecule has 0 aliphatic carbocycles. The van der Waals surface area contributed by atoms with Crippen LogP contribution in [0.5, 0.6) is 0 Å². The molecule has 0 unspecified atom stereocenters. The minimum absolute atomic E-state index is 0.00902. The van der Waals surface area contributed by atoms with Crippen molar-refractivity contribution >= 4 is 27.7 Å². The van der Waals surface area contributed by atoms with Crippen molar-refractivity contribution in [3.63, 3.8) is 0 Å². The zero-order valence-electron chi connectivity index (χ0n) is 9.11. The molecule has 1 aromatic heterocycles. The summed E-state index contributed by atoms with van der Waals surface area (Å²) in [5.41, 5.74) is 1.68. The Morgan fingerprint density at radius 2 is 2.12 bits per heavy atom. The second kappa shape index (κ2) is 5.63. The summed E-state index contributed by atoms with van der Waals surface area (Å²) in [6, 6.07) is 10.0. The highest BCUT2D eigenvalue weighted by Gasteiger charge is 2.07. The van der Waals surface area contributed by atoms with Crippen LogP contribution in [-0.2, 0) is 6.54 Å². The van der Waals surface area contributed by atoms with Crippen LogP contribution < -0.4 is 5.32 Å². The van der Waals surface area contributed by atoms with E-state index in [2.05, 4.69) is 31.2 Å². The van der Waals surface area contributed by atoms with Crippen molar-refractivity contribution in [2.45, 2.75) is 6.54 Å². The number of rotatable bonds is 5. The van der Waals surface area contributed by atoms with Gasteiger partial charge in [-0.1, -0.05) is 46.3 Å². The van der Waals surface area contributed by atoms with Crippen molar-refractivity contribution in [3.8, 4) is 0 Å². The Labute approximate surface area is 108 Å². The summed E-state index contributed by atoms with van der Waals surface area (Å²) < 4.78 is 0. The van der Waals surface area contributed by atoms with E-state index in [9.17, 15) is 4.79 Å². The molecule has 0 amide bonds. The Hall–Kier alpha value is -1.62. The number of carbonyl (C=O) groups excluding carboxylic acids is 1. The van der Waals surface area contributed by atoms with E-state index in [1.807, 2.05) is 30.3 Å². The van der Waals surface area contributed by atoms with E-state index in [0.717, 1.165) is 5.56 Å². The number of nitrogens with one attached hydrogen (secondary N) is 2. The van der Waals surface area contributed by atoms with Crippen LogP contribution in [0.25, 0.3) is 0 Å². The van der Waals surface area contributed by atoms with Crippen LogP contribution in [0.2, 0.25) is 0 Å². The lowest BCUT2D eigenvalue weighted by molar-refractivity contribution is 0.101. The van der Waals surface area contributed by atoms with E-state index < -0.39 is 0 Å². The lowest BCUT2D eigenvalue weighted by Gasteiger charge is -2.02. The summed E-state index contributed by atoms with van der Waals surface area (Å²) in [7, 11) is 0. The highest BCUT2D eigenvalue weighted by Crippen LogP contribution is 2.07. The molecule has 0 spiro atoms. The Bertz CT molecular complexity index is 495. The maximum absolute atomic E-state index is 11.4. The average Bonchev–Trinajstić information content (AvgIpc) is 2.85. The number of nitrogens with zero attached hydrogens (tertiary/aromatic N) is 1. The Morgan fingerprint density at radius 3 is 2.82 bits per heavy atom. The van der Waals surface area contributed by atoms with Crippen molar-refractivity contribution in [2.24, 2.45) is 0 Å². The SMILES string of the molecule is O=C(CBr)c1cnc(NCc2ccccc2)[nH]1. The lowest BCUT2D eigenvalue weighted by Crippen LogP contribution is -2.03. The molecule has 0 bridgehead atoms. The zero-order chi connectivity index (χ0) is 12.1. The minimum atomic E-state index is -0.00902. The van der Waals surface area contributed by atoms with Gasteiger partial charge in [0.25, 0.3) is 0 Å². The normalized spacial score (nSPS) is 10.2. The summed E-state index contributed by atoms with van der Waals surface area (Å²) in [5, 5.41) is 3.43. The van der Waals surface area contributed by atoms with Gasteiger partial charge in [-0.25, -0.2) is 4.98 Å². The van der Waals surface area contributed by atoms with Gasteiger partial charge in [0.2, 0.25) is 5.95 Å². The molecule has 2 rings (SSSR count). The number of H-pyrrole nitrogens is 1. The number of halogens is 1. The number of hydrogen-bond donors (Lipinski definition) is 2. The number of benzene rings is 1. The quantitative estimate of drug-likeness (QED) is 0.658. The fraction of sp³-hybridized carbons (Fsp3) is 0.167. The third-order valence-corrected chi connectivity index (χ3v) is 2.81. The van der Waals surface area contributed by atoms with Crippen LogP contribution in [0.15, 0.2) is 36.5 Å². The highest BCUT2D eigenvalue weighted by molar-refractivity contribution is 9.09. The van der Waals surface area contributed by atoms with E-state index >= 15 is 0 Å². The van der Waals surface area contributed by atoms with Crippen molar-refractivity contribution in [1.29, 1.82) is 0 Å². The second-order valence-electron chi connectivity index (χ2n) is 3.54. The molecule has 0 saturated carbocycles. The molecule has 88 valence electrons. The molecule has 1 heterocycles. The van der Waals surface area contributed by atoms with E-state index in [1.165, 1.54) is 6.20 Å². The topological polar surface area (TPSA) is 57.8 Å². The third-order valence-electron chi connectivity index (χ3n) is 2.30. The highest BCUT2D eigenvalue weighted by atomic mass is 79.9. The van der Waals surface area contributed by atoms with Gasteiger partial charge in [0, 0.05) is 6.54 Å². The first-order valence-electron chi connectivity index (χ1n) is 5.21. The zero-order valence-corrected chi connectivity index (χ0v) is 10.7. The molecule has 0 saturated heterocycles. The molecule has 5 heteroatoms. The molecular weight excluding hydrogens is 282 g/mol. The lowest BCUT2D eigenvalue weighted by atomic mass is 10.2. The maximum atomic E-state index is 11.4. The van der Waals surface area contributed by atoms with Crippen LogP contribution in [0, 0.1) is 0 Å². The summed E-state index contributed by atoms with van der Waals surface area (Å²) in [4.78, 5) is 18.4. The first-order chi connectivity index (χ1) is 8.29. The Balaban J connectivity index is 1.96. The monoisotopic (exact) mass is 293 g/mol. The molecule has 0 atom stereocenters. The van der Waals surface area contributed by atoms with Gasteiger partial charge in [-0.3, -0.25) is 4.79 Å². The van der Waals surface area contributed by atoms with E-state index in [0.29, 0.717) is 23.5 Å². The summed E-state index contributed by atoms with van der Waals surface area (Å²) in [5.74, 6) is 0.600. The maximum Gasteiger partial charge on any atom is 0.200 e. The van der Waals surface area contributed by atoms with Gasteiger partial charge in [0.1, 0.15) is 5.69 Å². The largest absolute Gasteiger partial charge is 0.352 e. The van der Waals surface area contributed by atoms with Gasteiger partial charge in [0.15, 0.2) is 5.78 Å². The van der Waals surface area contributed by atoms with E-state index in [1.54, 1.807) is 0 Å². The average molecular weight is 294 g/mol. The Morgan fingerprint density at radius 1 is 1.35 bits per heavy atom. The molecular formula is C12H12BrN3O. The molecule has 0 fully saturated rings.